The summed E-state index contributed by atoms with van der Waals surface area (Å²) in [5.41, 5.74) is 7.21. The molecule has 0 amide bonds. The van der Waals surface area contributed by atoms with E-state index in [4.69, 9.17) is 10.2 Å². The number of hydrogen-bond acceptors (Lipinski definition) is 6. The molecule has 1 saturated carbocycles. The Hall–Kier alpha value is -2.73. The average molecular weight is 348 g/mol. The van der Waals surface area contributed by atoms with Crippen LogP contribution in [0.25, 0.3) is 21.8 Å². The number of hydrogen-bond donors (Lipinski definition) is 1. The predicted octanol–water partition coefficient (Wildman–Crippen LogP) is 4.40. The summed E-state index contributed by atoms with van der Waals surface area (Å²) in [7, 11) is 0. The lowest BCUT2D eigenvalue weighted by Gasteiger charge is -1.99. The zero-order valence-corrected chi connectivity index (χ0v) is 14.3. The molecule has 0 radical (unpaired) electrons. The molecule has 0 saturated heterocycles. The van der Waals surface area contributed by atoms with Gasteiger partial charge in [-0.25, -0.2) is 9.97 Å². The second kappa shape index (κ2) is 5.67. The summed E-state index contributed by atoms with van der Waals surface area (Å²) in [5.74, 6) is 3.34. The normalized spacial score (nSPS) is 14.2. The summed E-state index contributed by atoms with van der Waals surface area (Å²) in [6.45, 7) is 0. The van der Waals surface area contributed by atoms with Gasteiger partial charge in [-0.1, -0.05) is 6.07 Å². The predicted molar refractivity (Wildman–Crippen MR) is 98.5 cm³/mol. The van der Waals surface area contributed by atoms with Crippen LogP contribution in [0.4, 0.5) is 5.82 Å². The first kappa shape index (κ1) is 14.6. The summed E-state index contributed by atoms with van der Waals surface area (Å²) < 4.78 is 5.91. The molecular formula is C19H16N4OS. The third-order valence-electron chi connectivity index (χ3n) is 4.38. The second-order valence-corrected chi connectivity index (χ2v) is 7.45. The lowest BCUT2D eigenvalue weighted by Crippen LogP contribution is -1.95. The number of thiophene rings is 1. The number of nitrogens with two attached hydrogens (primary N) is 1. The number of fused-ring (bicyclic) bond motifs is 1. The van der Waals surface area contributed by atoms with Crippen LogP contribution in [0.3, 0.4) is 0 Å². The highest BCUT2D eigenvalue weighted by atomic mass is 32.1. The van der Waals surface area contributed by atoms with Crippen molar-refractivity contribution in [2.45, 2.75) is 25.2 Å². The Kier molecular flexibility index (Phi) is 3.31. The molecule has 6 heteroatoms. The van der Waals surface area contributed by atoms with Gasteiger partial charge in [-0.15, -0.1) is 11.3 Å². The lowest BCUT2D eigenvalue weighted by molar-refractivity contribution is 0.522. The Bertz CT molecular complexity index is 1050. The van der Waals surface area contributed by atoms with Crippen molar-refractivity contribution in [2.24, 2.45) is 0 Å². The molecule has 25 heavy (non-hydrogen) atoms. The van der Waals surface area contributed by atoms with Crippen LogP contribution in [0.1, 0.15) is 35.1 Å². The molecule has 1 fully saturated rings. The Morgan fingerprint density at radius 1 is 1.16 bits per heavy atom. The number of furan rings is 1. The molecule has 1 aliphatic rings. The third kappa shape index (κ3) is 2.78. The van der Waals surface area contributed by atoms with Gasteiger partial charge in [0.1, 0.15) is 16.4 Å². The Labute approximate surface area is 148 Å². The molecule has 0 aromatic carbocycles. The number of pyridine rings is 1. The van der Waals surface area contributed by atoms with Gasteiger partial charge in [-0.3, -0.25) is 4.98 Å². The minimum absolute atomic E-state index is 0.493. The molecule has 4 aromatic rings. The van der Waals surface area contributed by atoms with E-state index in [1.807, 2.05) is 36.5 Å². The van der Waals surface area contributed by atoms with E-state index < -0.39 is 0 Å². The molecule has 0 atom stereocenters. The fourth-order valence-corrected chi connectivity index (χ4v) is 3.98. The van der Waals surface area contributed by atoms with E-state index in [1.54, 1.807) is 11.3 Å². The van der Waals surface area contributed by atoms with Crippen molar-refractivity contribution in [2.75, 3.05) is 5.73 Å². The van der Waals surface area contributed by atoms with E-state index in [-0.39, 0.29) is 0 Å². The van der Waals surface area contributed by atoms with Crippen LogP contribution in [-0.4, -0.2) is 15.0 Å². The number of rotatable bonds is 4. The number of nitrogen functional groups attached to an aromatic ring is 1. The third-order valence-corrected chi connectivity index (χ3v) is 5.41. The average Bonchev–Trinajstić information content (AvgIpc) is 3.20. The van der Waals surface area contributed by atoms with E-state index in [0.29, 0.717) is 23.3 Å². The molecule has 0 unspecified atom stereocenters. The van der Waals surface area contributed by atoms with Crippen LogP contribution in [0, 0.1) is 0 Å². The van der Waals surface area contributed by atoms with Crippen molar-refractivity contribution in [3.8, 4) is 11.6 Å². The molecule has 0 aliphatic heterocycles. The fourth-order valence-electron chi connectivity index (χ4n) is 2.93. The first-order chi connectivity index (χ1) is 12.3. The van der Waals surface area contributed by atoms with Gasteiger partial charge in [0.2, 0.25) is 0 Å². The first-order valence-corrected chi connectivity index (χ1v) is 9.14. The van der Waals surface area contributed by atoms with Gasteiger partial charge in [0, 0.05) is 29.1 Å². The van der Waals surface area contributed by atoms with E-state index in [9.17, 15) is 0 Å². The van der Waals surface area contributed by atoms with Crippen LogP contribution in [0.5, 0.6) is 0 Å². The fraction of sp³-hybridized carbons (Fsp3) is 0.211. The quantitative estimate of drug-likeness (QED) is 0.591. The van der Waals surface area contributed by atoms with Gasteiger partial charge in [0.05, 0.1) is 5.39 Å². The zero-order chi connectivity index (χ0) is 16.8. The lowest BCUT2D eigenvalue weighted by atomic mass is 10.2. The van der Waals surface area contributed by atoms with E-state index in [1.165, 1.54) is 17.7 Å². The van der Waals surface area contributed by atoms with Crippen molar-refractivity contribution in [3.63, 3.8) is 0 Å². The molecule has 4 heterocycles. The van der Waals surface area contributed by atoms with Crippen molar-refractivity contribution >= 4 is 27.4 Å². The van der Waals surface area contributed by atoms with Gasteiger partial charge in [0.25, 0.3) is 0 Å². The highest BCUT2D eigenvalue weighted by Crippen LogP contribution is 2.42. The van der Waals surface area contributed by atoms with Gasteiger partial charge < -0.3 is 10.2 Å². The van der Waals surface area contributed by atoms with Gasteiger partial charge in [0.15, 0.2) is 11.6 Å². The molecule has 0 bridgehead atoms. The highest BCUT2D eigenvalue weighted by Gasteiger charge is 2.27. The van der Waals surface area contributed by atoms with Crippen molar-refractivity contribution in [3.05, 3.63) is 58.9 Å². The van der Waals surface area contributed by atoms with Gasteiger partial charge >= 0.3 is 0 Å². The van der Waals surface area contributed by atoms with Crippen LogP contribution in [0.2, 0.25) is 0 Å². The first-order valence-electron chi connectivity index (χ1n) is 8.32. The summed E-state index contributed by atoms with van der Waals surface area (Å²) >= 11 is 1.63. The van der Waals surface area contributed by atoms with Gasteiger partial charge in [-0.2, -0.15) is 0 Å². The monoisotopic (exact) mass is 348 g/mol. The maximum atomic E-state index is 6.18. The smallest absolute Gasteiger partial charge is 0.199 e. The topological polar surface area (TPSA) is 77.8 Å². The maximum absolute atomic E-state index is 6.18. The Morgan fingerprint density at radius 3 is 2.88 bits per heavy atom. The van der Waals surface area contributed by atoms with Gasteiger partial charge in [-0.05, 0) is 43.2 Å². The van der Waals surface area contributed by atoms with Crippen LogP contribution >= 0.6 is 11.3 Å². The second-order valence-electron chi connectivity index (χ2n) is 6.34. The molecule has 5 nitrogen and oxygen atoms in total. The van der Waals surface area contributed by atoms with E-state index in [2.05, 4.69) is 21.0 Å². The van der Waals surface area contributed by atoms with Crippen molar-refractivity contribution in [1.29, 1.82) is 0 Å². The van der Waals surface area contributed by atoms with Crippen molar-refractivity contribution < 1.29 is 4.42 Å². The summed E-state index contributed by atoms with van der Waals surface area (Å²) in [4.78, 5) is 15.6. The maximum Gasteiger partial charge on any atom is 0.199 e. The Balaban J connectivity index is 1.51. The number of aromatic nitrogens is 3. The summed E-state index contributed by atoms with van der Waals surface area (Å²) in [6.07, 6.45) is 4.99. The molecule has 2 N–H and O–H groups in total. The Morgan fingerprint density at radius 2 is 2.08 bits per heavy atom. The highest BCUT2D eigenvalue weighted by molar-refractivity contribution is 7.18. The van der Waals surface area contributed by atoms with E-state index >= 15 is 0 Å². The summed E-state index contributed by atoms with van der Waals surface area (Å²) in [5, 5.41) is 0.897. The molecule has 5 rings (SSSR count). The molecule has 0 spiro atoms. The van der Waals surface area contributed by atoms with Crippen LogP contribution in [0.15, 0.2) is 47.0 Å². The largest absolute Gasteiger partial charge is 0.457 e. The van der Waals surface area contributed by atoms with Crippen LogP contribution in [-0.2, 0) is 6.42 Å². The minimum Gasteiger partial charge on any atom is -0.457 e. The number of anilines is 1. The van der Waals surface area contributed by atoms with Crippen molar-refractivity contribution in [1.82, 2.24) is 15.0 Å². The standard InChI is InChI=1S/C19H16N4OS/c20-17-14-10-13(9-12-3-1-2-8-21-12)25-19(14)23-18(22-17)16-7-6-15(24-16)11-4-5-11/h1-3,6-8,10-11H,4-5,9H2,(H2,20,22,23). The SMILES string of the molecule is Nc1nc(-c2ccc(C3CC3)o2)nc2sc(Cc3ccccn3)cc12. The van der Waals surface area contributed by atoms with E-state index in [0.717, 1.165) is 28.1 Å². The number of nitrogens with zero attached hydrogens (tertiary/aromatic N) is 3. The molecule has 124 valence electrons. The summed E-state index contributed by atoms with van der Waals surface area (Å²) in [6, 6.07) is 12.0. The minimum atomic E-state index is 0.493. The van der Waals surface area contributed by atoms with Crippen LogP contribution < -0.4 is 5.73 Å². The zero-order valence-electron chi connectivity index (χ0n) is 13.5. The molecule has 1 aliphatic carbocycles. The molecule has 4 aromatic heterocycles. The molecular weight excluding hydrogens is 332 g/mol.